The summed E-state index contributed by atoms with van der Waals surface area (Å²) in [6, 6.07) is 17.1. The zero-order chi connectivity index (χ0) is 21.8. The van der Waals surface area contributed by atoms with Crippen molar-refractivity contribution in [1.29, 1.82) is 0 Å². The fraction of sp³-hybridized carbons (Fsp3) is 0.308. The molecule has 4 heterocycles. The summed E-state index contributed by atoms with van der Waals surface area (Å²) in [6.45, 7) is 6.98. The summed E-state index contributed by atoms with van der Waals surface area (Å²) >= 11 is 0. The van der Waals surface area contributed by atoms with Gasteiger partial charge in [0, 0.05) is 55.0 Å². The van der Waals surface area contributed by atoms with Crippen LogP contribution in [0.5, 0.6) is 0 Å². The van der Waals surface area contributed by atoms with Crippen LogP contribution in [-0.4, -0.2) is 35.8 Å². The number of fused-ring (bicyclic) bond motifs is 4. The highest BCUT2D eigenvalue weighted by molar-refractivity contribution is 5.85. The van der Waals surface area contributed by atoms with Crippen molar-refractivity contribution in [3.63, 3.8) is 0 Å². The molecule has 6 heteroatoms. The minimum atomic E-state index is 0.0629. The van der Waals surface area contributed by atoms with Gasteiger partial charge in [0.05, 0.1) is 16.7 Å². The molecule has 1 N–H and O–H groups in total. The van der Waals surface area contributed by atoms with Crippen LogP contribution < -0.4 is 0 Å². The van der Waals surface area contributed by atoms with Gasteiger partial charge in [-0.05, 0) is 44.0 Å². The Morgan fingerprint density at radius 1 is 1.09 bits per heavy atom. The standard InChI is InChI=1S/C26H28N6/c1-4-32-16-18(17(2)29-32)15-31-14-13-20-19-9-5-6-10-21(19)27-24(20)25(31)26-28-22-11-7-8-12-23(22)30(26)3/h5-12,16,25,27H,4,13-15H2,1-3H3. The second-order valence-electron chi connectivity index (χ2n) is 8.80. The lowest BCUT2D eigenvalue weighted by molar-refractivity contribution is 0.192. The Kier molecular flexibility index (Phi) is 4.43. The summed E-state index contributed by atoms with van der Waals surface area (Å²) in [5.41, 5.74) is 8.52. The molecule has 0 aliphatic carbocycles. The summed E-state index contributed by atoms with van der Waals surface area (Å²) in [4.78, 5) is 11.4. The Morgan fingerprint density at radius 3 is 2.72 bits per heavy atom. The molecule has 6 rings (SSSR count). The zero-order valence-electron chi connectivity index (χ0n) is 18.8. The number of imidazole rings is 1. The van der Waals surface area contributed by atoms with Crippen molar-refractivity contribution in [2.75, 3.05) is 6.54 Å². The van der Waals surface area contributed by atoms with Crippen LogP contribution in [0.1, 0.15) is 41.3 Å². The van der Waals surface area contributed by atoms with Crippen LogP contribution in [-0.2, 0) is 26.6 Å². The molecule has 1 aliphatic heterocycles. The van der Waals surface area contributed by atoms with Crippen LogP contribution in [0.2, 0.25) is 0 Å². The lowest BCUT2D eigenvalue weighted by Crippen LogP contribution is -2.37. The van der Waals surface area contributed by atoms with Crippen LogP contribution in [0.4, 0.5) is 0 Å². The Balaban J connectivity index is 1.52. The predicted molar refractivity (Wildman–Crippen MR) is 128 cm³/mol. The van der Waals surface area contributed by atoms with Gasteiger partial charge in [0.1, 0.15) is 11.9 Å². The number of benzene rings is 2. The normalized spacial score (nSPS) is 16.8. The highest BCUT2D eigenvalue weighted by atomic mass is 15.3. The SMILES string of the molecule is CCn1cc(CN2CCc3c([nH]c4ccccc34)C2c2nc3ccccc3n2C)c(C)n1. The minimum absolute atomic E-state index is 0.0629. The fourth-order valence-corrected chi connectivity index (χ4v) is 5.26. The zero-order valence-corrected chi connectivity index (χ0v) is 18.8. The molecule has 6 nitrogen and oxygen atoms in total. The molecule has 0 bridgehead atoms. The van der Waals surface area contributed by atoms with E-state index in [1.165, 1.54) is 33.2 Å². The molecule has 3 aromatic heterocycles. The van der Waals surface area contributed by atoms with Gasteiger partial charge < -0.3 is 9.55 Å². The van der Waals surface area contributed by atoms with Gasteiger partial charge in [-0.1, -0.05) is 30.3 Å². The van der Waals surface area contributed by atoms with E-state index >= 15 is 0 Å². The maximum atomic E-state index is 5.12. The number of nitrogens with one attached hydrogen (secondary N) is 1. The highest BCUT2D eigenvalue weighted by Crippen LogP contribution is 2.39. The fourth-order valence-electron chi connectivity index (χ4n) is 5.26. The summed E-state index contributed by atoms with van der Waals surface area (Å²) < 4.78 is 4.29. The first kappa shape index (κ1) is 19.3. The van der Waals surface area contributed by atoms with E-state index in [1.807, 2.05) is 4.68 Å². The quantitative estimate of drug-likeness (QED) is 0.454. The molecule has 0 spiro atoms. The lowest BCUT2D eigenvalue weighted by Gasteiger charge is -2.35. The van der Waals surface area contributed by atoms with Crippen LogP contribution in [0.25, 0.3) is 21.9 Å². The van der Waals surface area contributed by atoms with E-state index in [-0.39, 0.29) is 6.04 Å². The van der Waals surface area contributed by atoms with Crippen molar-refractivity contribution in [3.8, 4) is 0 Å². The molecule has 1 unspecified atom stereocenters. The topological polar surface area (TPSA) is 54.7 Å². The van der Waals surface area contributed by atoms with Crippen LogP contribution in [0.15, 0.2) is 54.7 Å². The first-order chi connectivity index (χ1) is 15.6. The van der Waals surface area contributed by atoms with Gasteiger partial charge in [0.15, 0.2) is 0 Å². The van der Waals surface area contributed by atoms with Gasteiger partial charge in [0.25, 0.3) is 0 Å². The van der Waals surface area contributed by atoms with E-state index in [2.05, 4.69) is 95.2 Å². The number of aromatic nitrogens is 5. The second kappa shape index (κ2) is 7.35. The molecular weight excluding hydrogens is 396 g/mol. The highest BCUT2D eigenvalue weighted by Gasteiger charge is 2.35. The Bertz CT molecular complexity index is 1440. The Morgan fingerprint density at radius 2 is 1.91 bits per heavy atom. The number of nitrogens with zero attached hydrogens (tertiary/aromatic N) is 5. The number of hydrogen-bond acceptors (Lipinski definition) is 3. The number of hydrogen-bond donors (Lipinski definition) is 1. The van der Waals surface area contributed by atoms with E-state index in [0.29, 0.717) is 0 Å². The van der Waals surface area contributed by atoms with Gasteiger partial charge in [-0.15, -0.1) is 0 Å². The molecule has 1 aliphatic rings. The third-order valence-corrected chi connectivity index (χ3v) is 6.95. The number of rotatable bonds is 4. The number of H-pyrrole nitrogens is 1. The van der Waals surface area contributed by atoms with E-state index < -0.39 is 0 Å². The average Bonchev–Trinajstić information content (AvgIpc) is 3.47. The summed E-state index contributed by atoms with van der Waals surface area (Å²) in [5.74, 6) is 1.08. The third-order valence-electron chi connectivity index (χ3n) is 6.95. The first-order valence-electron chi connectivity index (χ1n) is 11.4. The molecule has 1 atom stereocenters. The van der Waals surface area contributed by atoms with E-state index in [4.69, 9.17) is 4.98 Å². The van der Waals surface area contributed by atoms with Gasteiger partial charge >= 0.3 is 0 Å². The number of aromatic amines is 1. The van der Waals surface area contributed by atoms with Crippen LogP contribution in [0, 0.1) is 6.92 Å². The summed E-state index contributed by atoms with van der Waals surface area (Å²) in [7, 11) is 2.14. The molecule has 2 aromatic carbocycles. The Hall–Kier alpha value is -3.38. The molecule has 0 saturated heterocycles. The Labute approximate surface area is 187 Å². The minimum Gasteiger partial charge on any atom is -0.356 e. The third kappa shape index (κ3) is 2.90. The monoisotopic (exact) mass is 424 g/mol. The maximum Gasteiger partial charge on any atom is 0.133 e. The van der Waals surface area contributed by atoms with Crippen molar-refractivity contribution >= 4 is 21.9 Å². The number of aryl methyl sites for hydroxylation is 3. The van der Waals surface area contributed by atoms with E-state index in [9.17, 15) is 0 Å². The lowest BCUT2D eigenvalue weighted by atomic mass is 9.96. The molecule has 5 aromatic rings. The molecule has 0 radical (unpaired) electrons. The van der Waals surface area contributed by atoms with Gasteiger partial charge in [0.2, 0.25) is 0 Å². The van der Waals surface area contributed by atoms with E-state index in [0.717, 1.165) is 43.1 Å². The summed E-state index contributed by atoms with van der Waals surface area (Å²) in [5, 5.41) is 6.02. The molecule has 0 saturated carbocycles. The summed E-state index contributed by atoms with van der Waals surface area (Å²) in [6.07, 6.45) is 3.22. The maximum absolute atomic E-state index is 5.12. The van der Waals surface area contributed by atoms with Crippen LogP contribution in [0.3, 0.4) is 0 Å². The predicted octanol–water partition coefficient (Wildman–Crippen LogP) is 4.73. The number of para-hydroxylation sites is 3. The van der Waals surface area contributed by atoms with Gasteiger partial charge in [-0.3, -0.25) is 9.58 Å². The van der Waals surface area contributed by atoms with Crippen molar-refractivity contribution < 1.29 is 0 Å². The first-order valence-corrected chi connectivity index (χ1v) is 11.4. The second-order valence-corrected chi connectivity index (χ2v) is 8.80. The van der Waals surface area contributed by atoms with Crippen LogP contribution >= 0.6 is 0 Å². The van der Waals surface area contributed by atoms with Crippen molar-refractivity contribution in [2.45, 2.75) is 39.4 Å². The molecule has 162 valence electrons. The molecule has 0 amide bonds. The average molecular weight is 425 g/mol. The smallest absolute Gasteiger partial charge is 0.133 e. The van der Waals surface area contributed by atoms with Gasteiger partial charge in [-0.25, -0.2) is 4.98 Å². The van der Waals surface area contributed by atoms with Crippen molar-refractivity contribution in [2.24, 2.45) is 7.05 Å². The van der Waals surface area contributed by atoms with E-state index in [1.54, 1.807) is 0 Å². The van der Waals surface area contributed by atoms with Gasteiger partial charge in [-0.2, -0.15) is 5.10 Å². The van der Waals surface area contributed by atoms with Crippen molar-refractivity contribution in [1.82, 2.24) is 29.2 Å². The molecular formula is C26H28N6. The largest absolute Gasteiger partial charge is 0.356 e. The van der Waals surface area contributed by atoms with Crippen molar-refractivity contribution in [3.05, 3.63) is 83.1 Å². The molecule has 0 fully saturated rings. The molecule has 32 heavy (non-hydrogen) atoms.